The molecule has 0 aromatic carbocycles. The Bertz CT molecular complexity index is 741. The van der Waals surface area contributed by atoms with Gasteiger partial charge in [-0.2, -0.15) is 0 Å². The van der Waals surface area contributed by atoms with E-state index >= 15 is 0 Å². The molecule has 0 aliphatic heterocycles. The summed E-state index contributed by atoms with van der Waals surface area (Å²) < 4.78 is 7.27. The van der Waals surface area contributed by atoms with Gasteiger partial charge in [-0.15, -0.1) is 11.3 Å². The van der Waals surface area contributed by atoms with Crippen molar-refractivity contribution in [1.29, 1.82) is 0 Å². The predicted octanol–water partition coefficient (Wildman–Crippen LogP) is 2.82. The van der Waals surface area contributed by atoms with Crippen molar-refractivity contribution in [2.45, 2.75) is 32.2 Å². The lowest BCUT2D eigenvalue weighted by Gasteiger charge is -2.14. The fourth-order valence-electron chi connectivity index (χ4n) is 2.80. The number of nitrogens with one attached hydrogen (secondary N) is 1. The van der Waals surface area contributed by atoms with Crippen LogP contribution in [0.5, 0.6) is 0 Å². The molecule has 0 spiro atoms. The number of rotatable bonds is 3. The lowest BCUT2D eigenvalue weighted by atomic mass is 10.2. The fourth-order valence-corrected chi connectivity index (χ4v) is 4.51. The van der Waals surface area contributed by atoms with E-state index in [1.807, 2.05) is 6.92 Å². The van der Waals surface area contributed by atoms with E-state index in [0.717, 1.165) is 29.5 Å². The van der Waals surface area contributed by atoms with Crippen LogP contribution in [0.2, 0.25) is 0 Å². The highest BCUT2D eigenvalue weighted by atomic mass is 32.1. The van der Waals surface area contributed by atoms with Gasteiger partial charge in [0.25, 0.3) is 5.56 Å². The smallest absolute Gasteiger partial charge is 0.263 e. The number of aromatic amines is 1. The molecule has 4 nitrogen and oxygen atoms in total. The van der Waals surface area contributed by atoms with Gasteiger partial charge in [0.1, 0.15) is 4.83 Å². The van der Waals surface area contributed by atoms with Crippen molar-refractivity contribution in [3.63, 3.8) is 0 Å². The molecule has 1 unspecified atom stereocenters. The number of nitrogens with zero attached hydrogens (tertiary/aromatic N) is 1. The molecule has 1 atom stereocenters. The molecule has 1 aliphatic carbocycles. The molecule has 1 aliphatic rings. The van der Waals surface area contributed by atoms with Crippen LogP contribution in [0.15, 0.2) is 4.79 Å². The third-order valence-corrected chi connectivity index (χ3v) is 5.15. The molecule has 2 heterocycles. The summed E-state index contributed by atoms with van der Waals surface area (Å²) in [6, 6.07) is -0.0531. The topological polar surface area (TPSA) is 47.0 Å². The second-order valence-corrected chi connectivity index (χ2v) is 6.46. The Labute approximate surface area is 120 Å². The average Bonchev–Trinajstić information content (AvgIpc) is 2.88. The summed E-state index contributed by atoms with van der Waals surface area (Å²) in [6.45, 7) is 2.43. The van der Waals surface area contributed by atoms with Crippen LogP contribution in [-0.4, -0.2) is 23.3 Å². The van der Waals surface area contributed by atoms with Crippen LogP contribution in [0.4, 0.5) is 0 Å². The summed E-state index contributed by atoms with van der Waals surface area (Å²) in [5.41, 5.74) is 1.26. The maximum Gasteiger partial charge on any atom is 0.263 e. The van der Waals surface area contributed by atoms with Crippen molar-refractivity contribution < 1.29 is 4.74 Å². The molecular formula is C13H16N2O2S2. The van der Waals surface area contributed by atoms with E-state index in [0.29, 0.717) is 11.4 Å². The van der Waals surface area contributed by atoms with Crippen molar-refractivity contribution in [3.05, 3.63) is 25.6 Å². The van der Waals surface area contributed by atoms with Gasteiger partial charge in [0.05, 0.1) is 18.0 Å². The monoisotopic (exact) mass is 296 g/mol. The standard InChI is InChI=1S/C13H16N2O2S2/c1-7(6-17-2)15-12(16)10-8-4-3-5-9(8)19-11(10)14-13(15)18/h7H,3-6H2,1-2H3,(H,14,18). The van der Waals surface area contributed by atoms with Crippen LogP contribution >= 0.6 is 23.6 Å². The zero-order chi connectivity index (χ0) is 13.6. The summed E-state index contributed by atoms with van der Waals surface area (Å²) in [6.07, 6.45) is 3.25. The van der Waals surface area contributed by atoms with Gasteiger partial charge >= 0.3 is 0 Å². The molecule has 0 radical (unpaired) electrons. The number of ether oxygens (including phenoxy) is 1. The minimum Gasteiger partial charge on any atom is -0.383 e. The SMILES string of the molecule is COCC(C)n1c(=S)[nH]c2sc3c(c2c1=O)CCC3. The van der Waals surface area contributed by atoms with Gasteiger partial charge in [0, 0.05) is 12.0 Å². The Morgan fingerprint density at radius 1 is 1.53 bits per heavy atom. The quantitative estimate of drug-likeness (QED) is 0.886. The molecule has 0 fully saturated rings. The van der Waals surface area contributed by atoms with E-state index in [1.54, 1.807) is 23.0 Å². The Hall–Kier alpha value is -0.980. The predicted molar refractivity (Wildman–Crippen MR) is 79.9 cm³/mol. The molecule has 0 saturated carbocycles. The Kier molecular flexibility index (Phi) is 3.32. The number of H-pyrrole nitrogens is 1. The second-order valence-electron chi connectivity index (χ2n) is 4.97. The highest BCUT2D eigenvalue weighted by Crippen LogP contribution is 2.34. The number of methoxy groups -OCH3 is 1. The first-order valence-corrected chi connectivity index (χ1v) is 7.64. The molecule has 2 aromatic heterocycles. The average molecular weight is 296 g/mol. The zero-order valence-electron chi connectivity index (χ0n) is 11.0. The largest absolute Gasteiger partial charge is 0.383 e. The zero-order valence-corrected chi connectivity index (χ0v) is 12.6. The van der Waals surface area contributed by atoms with Gasteiger partial charge in [-0.25, -0.2) is 0 Å². The summed E-state index contributed by atoms with van der Waals surface area (Å²) >= 11 is 7.00. The Morgan fingerprint density at radius 2 is 2.32 bits per heavy atom. The van der Waals surface area contributed by atoms with E-state index in [-0.39, 0.29) is 11.6 Å². The summed E-state index contributed by atoms with van der Waals surface area (Å²) in [7, 11) is 1.63. The van der Waals surface area contributed by atoms with Gasteiger partial charge in [-0.3, -0.25) is 9.36 Å². The molecule has 102 valence electrons. The van der Waals surface area contributed by atoms with Gasteiger partial charge in [0.2, 0.25) is 0 Å². The molecule has 3 rings (SSSR count). The maximum atomic E-state index is 12.7. The molecule has 0 saturated heterocycles. The van der Waals surface area contributed by atoms with Crippen molar-refractivity contribution in [2.24, 2.45) is 0 Å². The molecule has 2 aromatic rings. The minimum atomic E-state index is -0.0531. The molecule has 0 amide bonds. The van der Waals surface area contributed by atoms with Gasteiger partial charge in [-0.05, 0) is 44.0 Å². The number of hydrogen-bond acceptors (Lipinski definition) is 4. The third-order valence-electron chi connectivity index (χ3n) is 3.64. The van der Waals surface area contributed by atoms with Gasteiger partial charge in [-0.1, -0.05) is 0 Å². The number of thiophene rings is 1. The van der Waals surface area contributed by atoms with Crippen LogP contribution in [0.3, 0.4) is 0 Å². The van der Waals surface area contributed by atoms with Crippen LogP contribution in [0.25, 0.3) is 10.2 Å². The van der Waals surface area contributed by atoms with Crippen LogP contribution in [0, 0.1) is 4.77 Å². The van der Waals surface area contributed by atoms with Crippen LogP contribution in [-0.2, 0) is 17.6 Å². The molecule has 1 N–H and O–H groups in total. The number of fused-ring (bicyclic) bond motifs is 3. The first kappa shape index (κ1) is 13.0. The summed E-state index contributed by atoms with van der Waals surface area (Å²) in [5, 5.41) is 0.842. The lowest BCUT2D eigenvalue weighted by molar-refractivity contribution is 0.160. The van der Waals surface area contributed by atoms with Crippen molar-refractivity contribution >= 4 is 33.8 Å². The molecule has 6 heteroatoms. The van der Waals surface area contributed by atoms with Crippen molar-refractivity contribution in [3.8, 4) is 0 Å². The Morgan fingerprint density at radius 3 is 3.05 bits per heavy atom. The highest BCUT2D eigenvalue weighted by Gasteiger charge is 2.22. The maximum absolute atomic E-state index is 12.7. The number of hydrogen-bond donors (Lipinski definition) is 1. The molecule has 19 heavy (non-hydrogen) atoms. The first-order chi connectivity index (χ1) is 9.13. The molecule has 0 bridgehead atoms. The number of aromatic nitrogens is 2. The van der Waals surface area contributed by atoms with Crippen molar-refractivity contribution in [1.82, 2.24) is 9.55 Å². The van der Waals surface area contributed by atoms with E-state index in [4.69, 9.17) is 17.0 Å². The van der Waals surface area contributed by atoms with E-state index in [1.165, 1.54) is 10.4 Å². The lowest BCUT2D eigenvalue weighted by Crippen LogP contribution is -2.27. The number of aryl methyl sites for hydroxylation is 2. The minimum absolute atomic E-state index is 0.0303. The second kappa shape index (κ2) is 4.85. The highest BCUT2D eigenvalue weighted by molar-refractivity contribution is 7.71. The summed E-state index contributed by atoms with van der Waals surface area (Å²) in [4.78, 5) is 18.2. The normalized spacial score (nSPS) is 15.9. The molecular weight excluding hydrogens is 280 g/mol. The Balaban J connectivity index is 2.29. The van der Waals surface area contributed by atoms with E-state index < -0.39 is 0 Å². The van der Waals surface area contributed by atoms with Crippen LogP contribution < -0.4 is 5.56 Å². The van der Waals surface area contributed by atoms with Crippen molar-refractivity contribution in [2.75, 3.05) is 13.7 Å². The fraction of sp³-hybridized carbons (Fsp3) is 0.538. The van der Waals surface area contributed by atoms with Gasteiger partial charge < -0.3 is 9.72 Å². The third kappa shape index (κ3) is 1.98. The summed E-state index contributed by atoms with van der Waals surface area (Å²) in [5.74, 6) is 0. The van der Waals surface area contributed by atoms with E-state index in [9.17, 15) is 4.79 Å². The first-order valence-electron chi connectivity index (χ1n) is 6.41. The van der Waals surface area contributed by atoms with Crippen LogP contribution in [0.1, 0.15) is 29.8 Å². The van der Waals surface area contributed by atoms with Gasteiger partial charge in [0.15, 0.2) is 4.77 Å². The van der Waals surface area contributed by atoms with E-state index in [2.05, 4.69) is 4.98 Å².